The third-order valence-corrected chi connectivity index (χ3v) is 4.84. The van der Waals surface area contributed by atoms with Crippen molar-refractivity contribution < 1.29 is 14.3 Å². The summed E-state index contributed by atoms with van der Waals surface area (Å²) in [5.41, 5.74) is 0.875. The maximum Gasteiger partial charge on any atom is 0.407 e. The fourth-order valence-corrected chi connectivity index (χ4v) is 3.23. The molecule has 2 rings (SSSR count). The van der Waals surface area contributed by atoms with Crippen molar-refractivity contribution in [3.05, 3.63) is 34.3 Å². The maximum absolute atomic E-state index is 12.1. The summed E-state index contributed by atoms with van der Waals surface area (Å²) in [7, 11) is 0. The number of nitrogens with one attached hydrogen (secondary N) is 2. The van der Waals surface area contributed by atoms with E-state index in [1.165, 1.54) is 0 Å². The molecule has 7 heteroatoms. The van der Waals surface area contributed by atoms with Gasteiger partial charge in [0, 0.05) is 16.1 Å². The lowest BCUT2D eigenvalue weighted by atomic mass is 9.84. The van der Waals surface area contributed by atoms with Gasteiger partial charge in [0.15, 0.2) is 0 Å². The second-order valence-electron chi connectivity index (χ2n) is 5.69. The van der Waals surface area contributed by atoms with Crippen LogP contribution in [-0.4, -0.2) is 24.6 Å². The van der Waals surface area contributed by atoms with Gasteiger partial charge in [-0.15, -0.1) is 0 Å². The Morgan fingerprint density at radius 1 is 1.29 bits per heavy atom. The number of halogens is 1. The summed E-state index contributed by atoms with van der Waals surface area (Å²) in [5, 5.41) is 13.9. The fraction of sp³-hybridized carbons (Fsp3) is 0.471. The van der Waals surface area contributed by atoms with Crippen molar-refractivity contribution in [1.29, 1.82) is 5.26 Å². The van der Waals surface area contributed by atoms with Crippen LogP contribution < -0.4 is 10.6 Å². The Balaban J connectivity index is 1.87. The predicted octanol–water partition coefficient (Wildman–Crippen LogP) is 2.87. The van der Waals surface area contributed by atoms with Crippen LogP contribution in [0.1, 0.15) is 31.2 Å². The molecule has 0 heterocycles. The fourth-order valence-electron chi connectivity index (χ4n) is 2.83. The third-order valence-electron chi connectivity index (χ3n) is 4.06. The molecule has 0 aromatic heterocycles. The minimum absolute atomic E-state index is 0.0193. The normalized spacial score (nSPS) is 19.8. The molecule has 0 aliphatic heterocycles. The number of alkyl carbamates (subject to hydrolysis) is 1. The van der Waals surface area contributed by atoms with Crippen molar-refractivity contribution in [2.75, 3.05) is 6.54 Å². The van der Waals surface area contributed by atoms with Gasteiger partial charge in [0.05, 0.1) is 12.0 Å². The first-order valence-corrected chi connectivity index (χ1v) is 8.72. The van der Waals surface area contributed by atoms with Crippen LogP contribution in [0.3, 0.4) is 0 Å². The Hall–Kier alpha value is -2.07. The molecule has 0 unspecified atom stereocenters. The summed E-state index contributed by atoms with van der Waals surface area (Å²) in [6.45, 7) is 0.139. The zero-order valence-corrected chi connectivity index (χ0v) is 14.8. The average molecular weight is 394 g/mol. The van der Waals surface area contributed by atoms with Gasteiger partial charge in [-0.1, -0.05) is 47.0 Å². The van der Waals surface area contributed by atoms with E-state index >= 15 is 0 Å². The number of nitrogens with zero attached hydrogens (tertiary/aromatic N) is 1. The number of rotatable bonds is 5. The molecule has 1 aliphatic carbocycles. The standard InChI is InChI=1S/C17H20BrN3O3/c18-14-7-3-1-5-12(14)11-24-17(23)21-15-8-4-2-6-13(15)16(22)20-10-9-19/h1,3,5,7,13,15H,2,4,6,8,10-11H2,(H,20,22)(H,21,23)/t13-,15+/m0/s1. The van der Waals surface area contributed by atoms with Crippen LogP contribution in [-0.2, 0) is 16.1 Å². The van der Waals surface area contributed by atoms with Crippen molar-refractivity contribution >= 4 is 27.9 Å². The minimum atomic E-state index is -0.532. The van der Waals surface area contributed by atoms with Gasteiger partial charge in [0.25, 0.3) is 0 Å². The highest BCUT2D eigenvalue weighted by atomic mass is 79.9. The number of benzene rings is 1. The Morgan fingerprint density at radius 2 is 2.04 bits per heavy atom. The van der Waals surface area contributed by atoms with E-state index in [-0.39, 0.29) is 31.0 Å². The smallest absolute Gasteiger partial charge is 0.407 e. The van der Waals surface area contributed by atoms with E-state index in [0.717, 1.165) is 29.3 Å². The van der Waals surface area contributed by atoms with Crippen LogP contribution in [0, 0.1) is 17.2 Å². The lowest BCUT2D eigenvalue weighted by molar-refractivity contribution is -0.126. The highest BCUT2D eigenvalue weighted by molar-refractivity contribution is 9.10. The van der Waals surface area contributed by atoms with Crippen molar-refractivity contribution in [2.45, 2.75) is 38.3 Å². The zero-order valence-electron chi connectivity index (χ0n) is 13.3. The van der Waals surface area contributed by atoms with Gasteiger partial charge in [-0.2, -0.15) is 5.26 Å². The van der Waals surface area contributed by atoms with Gasteiger partial charge >= 0.3 is 6.09 Å². The van der Waals surface area contributed by atoms with Crippen molar-refractivity contribution in [3.8, 4) is 6.07 Å². The molecule has 0 saturated heterocycles. The van der Waals surface area contributed by atoms with Gasteiger partial charge in [0.1, 0.15) is 13.2 Å². The number of amides is 2. The molecule has 24 heavy (non-hydrogen) atoms. The van der Waals surface area contributed by atoms with Gasteiger partial charge < -0.3 is 15.4 Å². The summed E-state index contributed by atoms with van der Waals surface area (Å²) in [6.07, 6.45) is 2.79. The Morgan fingerprint density at radius 3 is 2.79 bits per heavy atom. The van der Waals surface area contributed by atoms with E-state index in [1.807, 2.05) is 30.3 Å². The van der Waals surface area contributed by atoms with Crippen LogP contribution in [0.2, 0.25) is 0 Å². The molecule has 0 radical (unpaired) electrons. The topological polar surface area (TPSA) is 91.2 Å². The zero-order chi connectivity index (χ0) is 17.4. The Bertz CT molecular complexity index is 630. The molecule has 1 fully saturated rings. The lowest BCUT2D eigenvalue weighted by Gasteiger charge is -2.30. The van der Waals surface area contributed by atoms with Crippen LogP contribution in [0.25, 0.3) is 0 Å². The van der Waals surface area contributed by atoms with E-state index in [4.69, 9.17) is 10.00 Å². The molecule has 1 saturated carbocycles. The van der Waals surface area contributed by atoms with E-state index in [2.05, 4.69) is 26.6 Å². The second kappa shape index (κ2) is 9.28. The molecule has 2 atom stereocenters. The van der Waals surface area contributed by atoms with Gasteiger partial charge in [0.2, 0.25) is 5.91 Å². The molecule has 128 valence electrons. The maximum atomic E-state index is 12.1. The number of ether oxygens (including phenoxy) is 1. The molecule has 0 bridgehead atoms. The largest absolute Gasteiger partial charge is 0.445 e. The van der Waals surface area contributed by atoms with E-state index < -0.39 is 6.09 Å². The molecule has 2 amide bonds. The number of carbonyl (C=O) groups is 2. The molecule has 2 N–H and O–H groups in total. The van der Waals surface area contributed by atoms with E-state index in [1.54, 1.807) is 0 Å². The van der Waals surface area contributed by atoms with Gasteiger partial charge in [-0.3, -0.25) is 4.79 Å². The highest BCUT2D eigenvalue weighted by Gasteiger charge is 2.32. The van der Waals surface area contributed by atoms with Gasteiger partial charge in [-0.25, -0.2) is 4.79 Å². The third kappa shape index (κ3) is 5.24. The van der Waals surface area contributed by atoms with Crippen LogP contribution >= 0.6 is 15.9 Å². The first-order chi connectivity index (χ1) is 11.6. The number of nitriles is 1. The number of hydrogen-bond donors (Lipinski definition) is 2. The monoisotopic (exact) mass is 393 g/mol. The molecule has 1 aromatic rings. The summed E-state index contributed by atoms with van der Waals surface area (Å²) in [5.74, 6) is -0.504. The summed E-state index contributed by atoms with van der Waals surface area (Å²) in [6, 6.07) is 9.14. The van der Waals surface area contributed by atoms with Crippen LogP contribution in [0.15, 0.2) is 28.7 Å². The molecular formula is C17H20BrN3O3. The molecule has 1 aromatic carbocycles. The predicted molar refractivity (Wildman–Crippen MR) is 91.8 cm³/mol. The first kappa shape index (κ1) is 18.3. The second-order valence-corrected chi connectivity index (χ2v) is 6.54. The summed E-state index contributed by atoms with van der Waals surface area (Å²) < 4.78 is 6.14. The van der Waals surface area contributed by atoms with Crippen LogP contribution in [0.5, 0.6) is 0 Å². The summed E-state index contributed by atoms with van der Waals surface area (Å²) >= 11 is 3.41. The van der Waals surface area contributed by atoms with Crippen LogP contribution in [0.4, 0.5) is 4.79 Å². The number of hydrogen-bond acceptors (Lipinski definition) is 4. The SMILES string of the molecule is N#CCNC(=O)[C@H]1CCCC[C@H]1NC(=O)OCc1ccccc1Br. The minimum Gasteiger partial charge on any atom is -0.445 e. The van der Waals surface area contributed by atoms with Crippen molar-refractivity contribution in [2.24, 2.45) is 5.92 Å². The Labute approximate surface area is 149 Å². The molecule has 0 spiro atoms. The molecule has 1 aliphatic rings. The lowest BCUT2D eigenvalue weighted by Crippen LogP contribution is -2.48. The van der Waals surface area contributed by atoms with E-state index in [0.29, 0.717) is 6.42 Å². The molecule has 6 nitrogen and oxygen atoms in total. The summed E-state index contributed by atoms with van der Waals surface area (Å²) in [4.78, 5) is 24.2. The highest BCUT2D eigenvalue weighted by Crippen LogP contribution is 2.25. The first-order valence-electron chi connectivity index (χ1n) is 7.93. The Kier molecular flexibility index (Phi) is 7.07. The van der Waals surface area contributed by atoms with Crippen molar-refractivity contribution in [1.82, 2.24) is 10.6 Å². The average Bonchev–Trinajstić information content (AvgIpc) is 2.59. The molecular weight excluding hydrogens is 374 g/mol. The quantitative estimate of drug-likeness (QED) is 0.752. The number of carbonyl (C=O) groups excluding carboxylic acids is 2. The van der Waals surface area contributed by atoms with Crippen molar-refractivity contribution in [3.63, 3.8) is 0 Å². The van der Waals surface area contributed by atoms with E-state index in [9.17, 15) is 9.59 Å². The van der Waals surface area contributed by atoms with Gasteiger partial charge in [-0.05, 0) is 18.9 Å².